The Kier molecular flexibility index (Phi) is 6.51. The Morgan fingerprint density at radius 3 is 2.78 bits per heavy atom. The Hall–Kier alpha value is -0.210. The van der Waals surface area contributed by atoms with Gasteiger partial charge < -0.3 is 10.6 Å². The van der Waals surface area contributed by atoms with Gasteiger partial charge in [-0.05, 0) is 52.4 Å². The Labute approximate surface area is 111 Å². The van der Waals surface area contributed by atoms with E-state index in [-0.39, 0.29) is 0 Å². The maximum Gasteiger partial charge on any atom is 0.279 e. The summed E-state index contributed by atoms with van der Waals surface area (Å²) >= 11 is 0. The van der Waals surface area contributed by atoms with Gasteiger partial charge in [0.1, 0.15) is 0 Å². The Bertz CT molecular complexity index is 332. The molecule has 1 fully saturated rings. The normalized spacial score (nSPS) is 22.6. The molecule has 0 amide bonds. The van der Waals surface area contributed by atoms with Gasteiger partial charge in [-0.15, -0.1) is 0 Å². The van der Waals surface area contributed by atoms with Crippen molar-refractivity contribution >= 4 is 10.2 Å². The highest BCUT2D eigenvalue weighted by molar-refractivity contribution is 7.87. The van der Waals surface area contributed by atoms with Gasteiger partial charge in [0.2, 0.25) is 0 Å². The summed E-state index contributed by atoms with van der Waals surface area (Å²) in [6.07, 6.45) is 2.75. The molecule has 0 radical (unpaired) electrons. The summed E-state index contributed by atoms with van der Waals surface area (Å²) < 4.78 is 28.3. The summed E-state index contributed by atoms with van der Waals surface area (Å²) in [6, 6.07) is 0. The Balaban J connectivity index is 2.38. The van der Waals surface area contributed by atoms with Crippen LogP contribution in [0.4, 0.5) is 0 Å². The van der Waals surface area contributed by atoms with Crippen LogP contribution in [-0.4, -0.2) is 64.4 Å². The fourth-order valence-corrected chi connectivity index (χ4v) is 3.49. The van der Waals surface area contributed by atoms with Crippen molar-refractivity contribution in [3.63, 3.8) is 0 Å². The Morgan fingerprint density at radius 1 is 1.44 bits per heavy atom. The quantitative estimate of drug-likeness (QED) is 0.612. The van der Waals surface area contributed by atoms with E-state index in [1.807, 2.05) is 19.0 Å². The lowest BCUT2D eigenvalue weighted by Gasteiger charge is -2.31. The molecule has 1 unspecified atom stereocenters. The maximum atomic E-state index is 12.1. The summed E-state index contributed by atoms with van der Waals surface area (Å²) in [6.45, 7) is 3.10. The molecular formula is C11H26N4O2S. The topological polar surface area (TPSA) is 78.7 Å². The van der Waals surface area contributed by atoms with Gasteiger partial charge in [-0.1, -0.05) is 0 Å². The lowest BCUT2D eigenvalue weighted by molar-refractivity contribution is 0.268. The van der Waals surface area contributed by atoms with E-state index >= 15 is 0 Å². The van der Waals surface area contributed by atoms with E-state index in [0.717, 1.165) is 25.8 Å². The first kappa shape index (κ1) is 15.8. The first-order valence-electron chi connectivity index (χ1n) is 6.55. The van der Waals surface area contributed by atoms with E-state index < -0.39 is 10.2 Å². The number of nitrogens with two attached hydrogens (primary N) is 1. The molecule has 3 N–H and O–H groups in total. The highest BCUT2D eigenvalue weighted by Gasteiger charge is 2.27. The Morgan fingerprint density at radius 2 is 2.17 bits per heavy atom. The van der Waals surface area contributed by atoms with Crippen molar-refractivity contribution in [2.75, 3.05) is 46.8 Å². The summed E-state index contributed by atoms with van der Waals surface area (Å²) in [7, 11) is 0.639. The van der Waals surface area contributed by atoms with E-state index in [4.69, 9.17) is 5.73 Å². The van der Waals surface area contributed by atoms with Crippen LogP contribution < -0.4 is 10.5 Å². The van der Waals surface area contributed by atoms with Gasteiger partial charge in [0.05, 0.1) is 0 Å². The van der Waals surface area contributed by atoms with Gasteiger partial charge in [-0.2, -0.15) is 12.7 Å². The minimum Gasteiger partial charge on any atom is -0.330 e. The SMILES string of the molecule is CN(C)CCCNS(=O)(=O)N1CCCC(CN)C1. The zero-order valence-electron chi connectivity index (χ0n) is 11.4. The lowest BCUT2D eigenvalue weighted by Crippen LogP contribution is -2.47. The van der Waals surface area contributed by atoms with Crippen LogP contribution in [0, 0.1) is 5.92 Å². The van der Waals surface area contributed by atoms with Crippen molar-refractivity contribution in [2.24, 2.45) is 11.7 Å². The van der Waals surface area contributed by atoms with E-state index in [1.165, 1.54) is 4.31 Å². The van der Waals surface area contributed by atoms with E-state index in [9.17, 15) is 8.42 Å². The molecule has 18 heavy (non-hydrogen) atoms. The molecule has 0 aliphatic carbocycles. The van der Waals surface area contributed by atoms with Crippen molar-refractivity contribution in [1.29, 1.82) is 0 Å². The van der Waals surface area contributed by atoms with Gasteiger partial charge >= 0.3 is 0 Å². The molecule has 6 nitrogen and oxygen atoms in total. The minimum atomic E-state index is -3.32. The standard InChI is InChI=1S/C11H26N4O2S/c1-14(2)7-4-6-13-18(16,17)15-8-3-5-11(9-12)10-15/h11,13H,3-10,12H2,1-2H3. The molecule has 0 aromatic carbocycles. The molecule has 108 valence electrons. The van der Waals surface area contributed by atoms with Crippen molar-refractivity contribution in [2.45, 2.75) is 19.3 Å². The molecule has 0 spiro atoms. The molecule has 0 aromatic heterocycles. The maximum absolute atomic E-state index is 12.1. The van der Waals surface area contributed by atoms with Crippen LogP contribution in [0.1, 0.15) is 19.3 Å². The predicted molar refractivity (Wildman–Crippen MR) is 73.4 cm³/mol. The van der Waals surface area contributed by atoms with Crippen LogP contribution in [0.3, 0.4) is 0 Å². The molecule has 1 heterocycles. The second-order valence-corrected chi connectivity index (χ2v) is 6.91. The van der Waals surface area contributed by atoms with Crippen molar-refractivity contribution < 1.29 is 8.42 Å². The van der Waals surface area contributed by atoms with Crippen LogP contribution in [0.5, 0.6) is 0 Å². The third kappa shape index (κ3) is 5.19. The summed E-state index contributed by atoms with van der Waals surface area (Å²) in [4.78, 5) is 2.04. The predicted octanol–water partition coefficient (Wildman–Crippen LogP) is -0.557. The van der Waals surface area contributed by atoms with Crippen molar-refractivity contribution in [3.05, 3.63) is 0 Å². The molecular weight excluding hydrogens is 252 g/mol. The molecule has 1 aliphatic rings. The van der Waals surface area contributed by atoms with Crippen LogP contribution >= 0.6 is 0 Å². The highest BCUT2D eigenvalue weighted by Crippen LogP contribution is 2.17. The monoisotopic (exact) mass is 278 g/mol. The summed E-state index contributed by atoms with van der Waals surface area (Å²) in [5.41, 5.74) is 5.62. The smallest absolute Gasteiger partial charge is 0.279 e. The third-order valence-corrected chi connectivity index (χ3v) is 4.80. The van der Waals surface area contributed by atoms with Gasteiger partial charge in [0, 0.05) is 19.6 Å². The molecule has 1 saturated heterocycles. The number of hydrogen-bond acceptors (Lipinski definition) is 4. The molecule has 0 aromatic rings. The lowest BCUT2D eigenvalue weighted by atomic mass is 10.0. The van der Waals surface area contributed by atoms with Crippen LogP contribution in [0.25, 0.3) is 0 Å². The zero-order valence-corrected chi connectivity index (χ0v) is 12.2. The van der Waals surface area contributed by atoms with Crippen LogP contribution in [0.2, 0.25) is 0 Å². The van der Waals surface area contributed by atoms with Crippen LogP contribution in [0.15, 0.2) is 0 Å². The second-order valence-electron chi connectivity index (χ2n) is 5.16. The van der Waals surface area contributed by atoms with E-state index in [2.05, 4.69) is 4.72 Å². The van der Waals surface area contributed by atoms with Gasteiger partial charge in [-0.3, -0.25) is 0 Å². The van der Waals surface area contributed by atoms with E-state index in [0.29, 0.717) is 32.1 Å². The number of nitrogens with one attached hydrogen (secondary N) is 1. The number of piperidine rings is 1. The molecule has 1 atom stereocenters. The average Bonchev–Trinajstić information content (AvgIpc) is 2.34. The summed E-state index contributed by atoms with van der Waals surface area (Å²) in [5.74, 6) is 0.303. The highest BCUT2D eigenvalue weighted by atomic mass is 32.2. The minimum absolute atomic E-state index is 0.303. The molecule has 1 aliphatic heterocycles. The van der Waals surface area contributed by atoms with Crippen molar-refractivity contribution in [3.8, 4) is 0 Å². The molecule has 7 heteroatoms. The number of rotatable bonds is 7. The van der Waals surface area contributed by atoms with Gasteiger partial charge in [-0.25, -0.2) is 4.72 Å². The average molecular weight is 278 g/mol. The van der Waals surface area contributed by atoms with Gasteiger partial charge in [0.15, 0.2) is 0 Å². The fraction of sp³-hybridized carbons (Fsp3) is 1.00. The summed E-state index contributed by atoms with van der Waals surface area (Å²) in [5, 5.41) is 0. The van der Waals surface area contributed by atoms with Crippen molar-refractivity contribution in [1.82, 2.24) is 13.9 Å². The molecule has 0 bridgehead atoms. The fourth-order valence-electron chi connectivity index (χ4n) is 2.13. The van der Waals surface area contributed by atoms with Gasteiger partial charge in [0.25, 0.3) is 10.2 Å². The number of hydrogen-bond donors (Lipinski definition) is 2. The van der Waals surface area contributed by atoms with E-state index in [1.54, 1.807) is 0 Å². The molecule has 0 saturated carbocycles. The third-order valence-electron chi connectivity index (χ3n) is 3.22. The molecule has 1 rings (SSSR count). The van der Waals surface area contributed by atoms with Crippen LogP contribution in [-0.2, 0) is 10.2 Å². The first-order valence-corrected chi connectivity index (χ1v) is 7.99. The first-order chi connectivity index (χ1) is 8.45. The number of nitrogens with zero attached hydrogens (tertiary/aromatic N) is 2. The largest absolute Gasteiger partial charge is 0.330 e. The zero-order chi connectivity index (χ0) is 13.6. The second kappa shape index (κ2) is 7.40.